The SMILES string of the molecule is CC1(c2ccc(Br)cc2)CC1CC(=O)O. The maximum atomic E-state index is 10.6. The predicted octanol–water partition coefficient (Wildman–Crippen LogP) is 3.20. The van der Waals surface area contributed by atoms with Crippen LogP contribution >= 0.6 is 15.9 Å². The van der Waals surface area contributed by atoms with E-state index >= 15 is 0 Å². The van der Waals surface area contributed by atoms with Crippen molar-refractivity contribution in [1.82, 2.24) is 0 Å². The molecular weight excluding hydrogens is 256 g/mol. The number of halogens is 1. The molecule has 1 saturated carbocycles. The number of benzene rings is 1. The summed E-state index contributed by atoms with van der Waals surface area (Å²) in [6.07, 6.45) is 1.27. The van der Waals surface area contributed by atoms with Crippen LogP contribution in [0.3, 0.4) is 0 Å². The van der Waals surface area contributed by atoms with Crippen LogP contribution < -0.4 is 0 Å². The van der Waals surface area contributed by atoms with Crippen molar-refractivity contribution in [2.75, 3.05) is 0 Å². The highest BCUT2D eigenvalue weighted by Gasteiger charge is 2.51. The van der Waals surface area contributed by atoms with E-state index in [0.717, 1.165) is 10.9 Å². The lowest BCUT2D eigenvalue weighted by Crippen LogP contribution is -2.07. The summed E-state index contributed by atoms with van der Waals surface area (Å²) in [7, 11) is 0. The topological polar surface area (TPSA) is 37.3 Å². The van der Waals surface area contributed by atoms with Gasteiger partial charge in [0.1, 0.15) is 0 Å². The lowest BCUT2D eigenvalue weighted by atomic mass is 9.94. The highest BCUT2D eigenvalue weighted by Crippen LogP contribution is 2.55. The van der Waals surface area contributed by atoms with Crippen LogP contribution in [-0.2, 0) is 10.2 Å². The first-order valence-electron chi connectivity index (χ1n) is 5.00. The second-order valence-corrected chi connectivity index (χ2v) is 5.34. The molecule has 15 heavy (non-hydrogen) atoms. The summed E-state index contributed by atoms with van der Waals surface area (Å²) in [5.41, 5.74) is 1.33. The zero-order valence-electron chi connectivity index (χ0n) is 8.53. The van der Waals surface area contributed by atoms with E-state index in [9.17, 15) is 4.79 Å². The standard InChI is InChI=1S/C12H13BrO2/c1-12(7-9(12)6-11(14)15)8-2-4-10(13)5-3-8/h2-5,9H,6-7H2,1H3,(H,14,15). The van der Waals surface area contributed by atoms with Crippen molar-refractivity contribution < 1.29 is 9.90 Å². The molecule has 3 heteroatoms. The molecule has 1 aliphatic rings. The molecule has 2 nitrogen and oxygen atoms in total. The Morgan fingerprint density at radius 2 is 2.13 bits per heavy atom. The molecular formula is C12H13BrO2. The average Bonchev–Trinajstić information content (AvgIpc) is 2.78. The molecule has 1 aromatic carbocycles. The van der Waals surface area contributed by atoms with Gasteiger partial charge in [0.15, 0.2) is 0 Å². The molecule has 0 aromatic heterocycles. The molecule has 0 bridgehead atoms. The third-order valence-corrected chi connectivity index (χ3v) is 3.86. The highest BCUT2D eigenvalue weighted by atomic mass is 79.9. The van der Waals surface area contributed by atoms with E-state index in [0.29, 0.717) is 5.92 Å². The van der Waals surface area contributed by atoms with Crippen molar-refractivity contribution >= 4 is 21.9 Å². The first-order chi connectivity index (χ1) is 7.02. The quantitative estimate of drug-likeness (QED) is 0.914. The monoisotopic (exact) mass is 268 g/mol. The van der Waals surface area contributed by atoms with Crippen molar-refractivity contribution in [3.8, 4) is 0 Å². The van der Waals surface area contributed by atoms with Crippen LogP contribution in [0.2, 0.25) is 0 Å². The summed E-state index contributed by atoms with van der Waals surface area (Å²) >= 11 is 3.39. The van der Waals surface area contributed by atoms with Gasteiger partial charge < -0.3 is 5.11 Å². The van der Waals surface area contributed by atoms with Crippen LogP contribution in [0.4, 0.5) is 0 Å². The Bertz CT molecular complexity index is 385. The summed E-state index contributed by atoms with van der Waals surface area (Å²) in [5.74, 6) is -0.392. The largest absolute Gasteiger partial charge is 0.481 e. The van der Waals surface area contributed by atoms with Gasteiger partial charge >= 0.3 is 5.97 Å². The Kier molecular flexibility index (Phi) is 2.59. The Hall–Kier alpha value is -0.830. The smallest absolute Gasteiger partial charge is 0.303 e. The van der Waals surface area contributed by atoms with Gasteiger partial charge in [-0.25, -0.2) is 0 Å². The van der Waals surface area contributed by atoms with Crippen molar-refractivity contribution in [2.24, 2.45) is 5.92 Å². The van der Waals surface area contributed by atoms with Crippen molar-refractivity contribution in [2.45, 2.75) is 25.2 Å². The Morgan fingerprint density at radius 1 is 1.53 bits per heavy atom. The van der Waals surface area contributed by atoms with Crippen LogP contribution in [0.1, 0.15) is 25.3 Å². The Morgan fingerprint density at radius 3 is 2.67 bits per heavy atom. The third kappa shape index (κ3) is 2.07. The fraction of sp³-hybridized carbons (Fsp3) is 0.417. The number of aliphatic carboxylic acids is 1. The highest BCUT2D eigenvalue weighted by molar-refractivity contribution is 9.10. The molecule has 2 rings (SSSR count). The molecule has 1 N–H and O–H groups in total. The van der Waals surface area contributed by atoms with Crippen molar-refractivity contribution in [3.63, 3.8) is 0 Å². The minimum absolute atomic E-state index is 0.0824. The summed E-state index contributed by atoms with van der Waals surface area (Å²) in [5, 5.41) is 8.74. The lowest BCUT2D eigenvalue weighted by molar-refractivity contribution is -0.137. The van der Waals surface area contributed by atoms with Gasteiger partial charge in [-0.2, -0.15) is 0 Å². The van der Waals surface area contributed by atoms with Gasteiger partial charge in [-0.15, -0.1) is 0 Å². The van der Waals surface area contributed by atoms with Gasteiger partial charge in [0, 0.05) is 10.9 Å². The van der Waals surface area contributed by atoms with Gasteiger partial charge in [0.05, 0.1) is 0 Å². The van der Waals surface area contributed by atoms with E-state index in [2.05, 4.69) is 35.0 Å². The van der Waals surface area contributed by atoms with Gasteiger partial charge in [0.25, 0.3) is 0 Å². The zero-order chi connectivity index (χ0) is 11.1. The maximum Gasteiger partial charge on any atom is 0.303 e. The van der Waals surface area contributed by atoms with Crippen molar-refractivity contribution in [3.05, 3.63) is 34.3 Å². The number of carboxylic acid groups (broad SMARTS) is 1. The molecule has 2 atom stereocenters. The van der Waals surface area contributed by atoms with Gasteiger partial charge in [0.2, 0.25) is 0 Å². The van der Waals surface area contributed by atoms with Crippen LogP contribution in [-0.4, -0.2) is 11.1 Å². The molecule has 0 amide bonds. The molecule has 1 aliphatic carbocycles. The maximum absolute atomic E-state index is 10.6. The molecule has 0 radical (unpaired) electrons. The summed E-state index contributed by atoms with van der Waals surface area (Å²) < 4.78 is 1.06. The van der Waals surface area contributed by atoms with E-state index in [4.69, 9.17) is 5.11 Å². The molecule has 0 saturated heterocycles. The summed E-state index contributed by atoms with van der Waals surface area (Å²) in [6, 6.07) is 8.17. The van der Waals surface area contributed by atoms with E-state index in [1.54, 1.807) is 0 Å². The number of carboxylic acids is 1. The van der Waals surface area contributed by atoms with Gasteiger partial charge in [-0.05, 0) is 35.4 Å². The van der Waals surface area contributed by atoms with E-state index in [-0.39, 0.29) is 11.8 Å². The van der Waals surface area contributed by atoms with Crippen LogP contribution in [0.25, 0.3) is 0 Å². The molecule has 2 unspecified atom stereocenters. The van der Waals surface area contributed by atoms with Gasteiger partial charge in [-0.3, -0.25) is 4.79 Å². The van der Waals surface area contributed by atoms with Crippen LogP contribution in [0, 0.1) is 5.92 Å². The lowest BCUT2D eigenvalue weighted by Gasteiger charge is -2.10. The molecule has 0 aliphatic heterocycles. The minimum atomic E-state index is -0.694. The number of rotatable bonds is 3. The second-order valence-electron chi connectivity index (χ2n) is 4.42. The Labute approximate surface area is 97.4 Å². The average molecular weight is 269 g/mol. The minimum Gasteiger partial charge on any atom is -0.481 e. The summed E-state index contributed by atoms with van der Waals surface area (Å²) in [4.78, 5) is 10.6. The Balaban J connectivity index is 2.12. The summed E-state index contributed by atoms with van der Waals surface area (Å²) in [6.45, 7) is 2.14. The van der Waals surface area contributed by atoms with E-state index in [1.807, 2.05) is 12.1 Å². The first kappa shape index (κ1) is 10.7. The molecule has 0 heterocycles. The second kappa shape index (κ2) is 3.63. The zero-order valence-corrected chi connectivity index (χ0v) is 10.1. The van der Waals surface area contributed by atoms with Crippen LogP contribution in [0.5, 0.6) is 0 Å². The molecule has 0 spiro atoms. The van der Waals surface area contributed by atoms with E-state index < -0.39 is 5.97 Å². The fourth-order valence-corrected chi connectivity index (χ4v) is 2.41. The number of hydrogen-bond acceptors (Lipinski definition) is 1. The van der Waals surface area contributed by atoms with Gasteiger partial charge in [-0.1, -0.05) is 35.0 Å². The third-order valence-electron chi connectivity index (χ3n) is 3.34. The van der Waals surface area contributed by atoms with Crippen LogP contribution in [0.15, 0.2) is 28.7 Å². The number of hydrogen-bond donors (Lipinski definition) is 1. The normalized spacial score (nSPS) is 28.8. The fourth-order valence-electron chi connectivity index (χ4n) is 2.15. The van der Waals surface area contributed by atoms with E-state index in [1.165, 1.54) is 5.56 Å². The molecule has 80 valence electrons. The first-order valence-corrected chi connectivity index (χ1v) is 5.79. The van der Waals surface area contributed by atoms with Crippen molar-refractivity contribution in [1.29, 1.82) is 0 Å². The predicted molar refractivity (Wildman–Crippen MR) is 61.9 cm³/mol. The number of carbonyl (C=O) groups is 1. The molecule has 1 aromatic rings. The molecule has 1 fully saturated rings.